The van der Waals surface area contributed by atoms with Gasteiger partial charge in [0.25, 0.3) is 0 Å². The molecule has 0 spiro atoms. The molecule has 2 rings (SSSR count). The summed E-state index contributed by atoms with van der Waals surface area (Å²) in [6.45, 7) is 0. The van der Waals surface area contributed by atoms with Crippen molar-refractivity contribution in [1.29, 1.82) is 0 Å². The highest BCUT2D eigenvalue weighted by molar-refractivity contribution is 9.10. The Morgan fingerprint density at radius 1 is 0.889 bits per heavy atom. The molecule has 2 aromatic carbocycles. The first-order valence-electron chi connectivity index (χ1n) is 4.75. The van der Waals surface area contributed by atoms with E-state index in [0.717, 1.165) is 0 Å². The fourth-order valence-corrected chi connectivity index (χ4v) is 1.67. The predicted molar refractivity (Wildman–Crippen MR) is 60.5 cm³/mol. The quantitative estimate of drug-likeness (QED) is 0.570. The van der Waals surface area contributed by atoms with Crippen molar-refractivity contribution in [3.05, 3.63) is 58.1 Å². The first-order chi connectivity index (χ1) is 8.49. The minimum absolute atomic E-state index is 0.0483. The van der Waals surface area contributed by atoms with Gasteiger partial charge >= 0.3 is 0 Å². The summed E-state index contributed by atoms with van der Waals surface area (Å²) in [5, 5.41) is 0. The van der Waals surface area contributed by atoms with Gasteiger partial charge in [0.15, 0.2) is 11.6 Å². The Morgan fingerprint density at radius 2 is 1.50 bits per heavy atom. The SMILES string of the molecule is Fc1cc(F)c(F)c(Oc2cccc(Br)c2)c1F. The maximum absolute atomic E-state index is 13.3. The van der Waals surface area contributed by atoms with Crippen LogP contribution in [0.25, 0.3) is 0 Å². The van der Waals surface area contributed by atoms with Gasteiger partial charge in [0.1, 0.15) is 5.75 Å². The van der Waals surface area contributed by atoms with Gasteiger partial charge in [-0.25, -0.2) is 8.78 Å². The van der Waals surface area contributed by atoms with Crippen LogP contribution in [0.1, 0.15) is 0 Å². The molecular formula is C12H5BrF4O. The van der Waals surface area contributed by atoms with Gasteiger partial charge in [0.05, 0.1) is 0 Å². The van der Waals surface area contributed by atoms with E-state index in [2.05, 4.69) is 15.9 Å². The van der Waals surface area contributed by atoms with E-state index in [0.29, 0.717) is 4.47 Å². The van der Waals surface area contributed by atoms with Crippen LogP contribution >= 0.6 is 15.9 Å². The molecule has 0 atom stereocenters. The molecular weight excluding hydrogens is 316 g/mol. The van der Waals surface area contributed by atoms with Crippen molar-refractivity contribution in [2.24, 2.45) is 0 Å². The lowest BCUT2D eigenvalue weighted by atomic mass is 10.3. The Kier molecular flexibility index (Phi) is 3.56. The Bertz CT molecular complexity index is 575. The normalized spacial score (nSPS) is 10.5. The molecule has 0 radical (unpaired) electrons. The number of ether oxygens (including phenoxy) is 1. The number of rotatable bonds is 2. The first kappa shape index (κ1) is 12.9. The van der Waals surface area contributed by atoms with Crippen LogP contribution in [-0.2, 0) is 0 Å². The first-order valence-corrected chi connectivity index (χ1v) is 5.54. The van der Waals surface area contributed by atoms with E-state index in [4.69, 9.17) is 4.74 Å². The van der Waals surface area contributed by atoms with E-state index >= 15 is 0 Å². The topological polar surface area (TPSA) is 9.23 Å². The van der Waals surface area contributed by atoms with E-state index in [9.17, 15) is 17.6 Å². The summed E-state index contributed by atoms with van der Waals surface area (Å²) >= 11 is 3.13. The fraction of sp³-hybridized carbons (Fsp3) is 0. The highest BCUT2D eigenvalue weighted by Gasteiger charge is 2.21. The van der Waals surface area contributed by atoms with E-state index < -0.39 is 29.0 Å². The molecule has 0 aliphatic heterocycles. The summed E-state index contributed by atoms with van der Waals surface area (Å²) in [4.78, 5) is 0. The Morgan fingerprint density at radius 3 is 2.06 bits per heavy atom. The molecule has 0 bridgehead atoms. The fourth-order valence-electron chi connectivity index (χ4n) is 1.29. The maximum Gasteiger partial charge on any atom is 0.204 e. The van der Waals surface area contributed by atoms with Gasteiger partial charge in [-0.05, 0) is 18.2 Å². The highest BCUT2D eigenvalue weighted by Crippen LogP contribution is 2.31. The second kappa shape index (κ2) is 4.97. The standard InChI is InChI=1S/C12H5BrF4O/c13-6-2-1-3-7(4-6)18-12-10(16)8(14)5-9(15)11(12)17/h1-5H. The third-order valence-electron chi connectivity index (χ3n) is 2.09. The third kappa shape index (κ3) is 2.48. The van der Waals surface area contributed by atoms with Crippen LogP contribution in [0.3, 0.4) is 0 Å². The third-order valence-corrected chi connectivity index (χ3v) is 2.58. The molecule has 0 N–H and O–H groups in total. The van der Waals surface area contributed by atoms with Gasteiger partial charge in [-0.2, -0.15) is 8.78 Å². The Labute approximate surface area is 108 Å². The molecule has 0 amide bonds. The highest BCUT2D eigenvalue weighted by atomic mass is 79.9. The van der Waals surface area contributed by atoms with Gasteiger partial charge < -0.3 is 4.74 Å². The van der Waals surface area contributed by atoms with Crippen molar-refractivity contribution < 1.29 is 22.3 Å². The summed E-state index contributed by atoms with van der Waals surface area (Å²) in [5.41, 5.74) is 0. The van der Waals surface area contributed by atoms with E-state index in [1.165, 1.54) is 12.1 Å². The number of benzene rings is 2. The minimum atomic E-state index is -1.58. The molecule has 6 heteroatoms. The van der Waals surface area contributed by atoms with Crippen LogP contribution in [0.2, 0.25) is 0 Å². The lowest BCUT2D eigenvalue weighted by molar-refractivity contribution is 0.366. The van der Waals surface area contributed by atoms with Gasteiger partial charge in [-0.1, -0.05) is 22.0 Å². The minimum Gasteiger partial charge on any atom is -0.451 e. The monoisotopic (exact) mass is 320 g/mol. The van der Waals surface area contributed by atoms with Crippen molar-refractivity contribution in [1.82, 2.24) is 0 Å². The summed E-state index contributed by atoms with van der Waals surface area (Å²) in [7, 11) is 0. The van der Waals surface area contributed by atoms with Gasteiger partial charge in [-0.15, -0.1) is 0 Å². The lowest BCUT2D eigenvalue weighted by Gasteiger charge is -2.09. The largest absolute Gasteiger partial charge is 0.451 e. The number of hydrogen-bond donors (Lipinski definition) is 0. The average molecular weight is 321 g/mol. The van der Waals surface area contributed by atoms with Gasteiger partial charge in [-0.3, -0.25) is 0 Å². The molecule has 94 valence electrons. The Balaban J connectivity index is 2.46. The number of hydrogen-bond acceptors (Lipinski definition) is 1. The summed E-state index contributed by atoms with van der Waals surface area (Å²) in [6, 6.07) is 6.13. The predicted octanol–water partition coefficient (Wildman–Crippen LogP) is 4.80. The van der Waals surface area contributed by atoms with Crippen LogP contribution < -0.4 is 4.74 Å². The molecule has 2 aromatic rings. The second-order valence-electron chi connectivity index (χ2n) is 3.36. The van der Waals surface area contributed by atoms with Crippen LogP contribution in [0.5, 0.6) is 11.5 Å². The van der Waals surface area contributed by atoms with Crippen LogP contribution in [0.15, 0.2) is 34.8 Å². The lowest BCUT2D eigenvalue weighted by Crippen LogP contribution is -1.99. The summed E-state index contributed by atoms with van der Waals surface area (Å²) in [6.07, 6.45) is 0. The van der Waals surface area contributed by atoms with Gasteiger partial charge in [0.2, 0.25) is 17.4 Å². The molecule has 1 nitrogen and oxygen atoms in total. The molecule has 0 saturated heterocycles. The molecule has 0 aliphatic rings. The molecule has 18 heavy (non-hydrogen) atoms. The van der Waals surface area contributed by atoms with Crippen LogP contribution in [0, 0.1) is 23.3 Å². The Hall–Kier alpha value is -1.56. The molecule has 0 fully saturated rings. The molecule has 0 aromatic heterocycles. The van der Waals surface area contributed by atoms with Crippen molar-refractivity contribution in [2.45, 2.75) is 0 Å². The zero-order valence-corrected chi connectivity index (χ0v) is 10.3. The zero-order valence-electron chi connectivity index (χ0n) is 8.68. The molecule has 0 saturated carbocycles. The van der Waals surface area contributed by atoms with E-state index in [-0.39, 0.29) is 11.8 Å². The molecule has 0 aliphatic carbocycles. The smallest absolute Gasteiger partial charge is 0.204 e. The second-order valence-corrected chi connectivity index (χ2v) is 4.27. The zero-order chi connectivity index (χ0) is 13.3. The van der Waals surface area contributed by atoms with Crippen LogP contribution in [-0.4, -0.2) is 0 Å². The van der Waals surface area contributed by atoms with Gasteiger partial charge in [0, 0.05) is 10.5 Å². The average Bonchev–Trinajstić information content (AvgIpc) is 2.32. The summed E-state index contributed by atoms with van der Waals surface area (Å²) in [5.74, 6) is -7.24. The van der Waals surface area contributed by atoms with E-state index in [1.54, 1.807) is 12.1 Å². The maximum atomic E-state index is 13.3. The number of halogens is 5. The van der Waals surface area contributed by atoms with Crippen molar-refractivity contribution in [3.8, 4) is 11.5 Å². The van der Waals surface area contributed by atoms with Crippen LogP contribution in [0.4, 0.5) is 17.6 Å². The molecule has 0 unspecified atom stereocenters. The van der Waals surface area contributed by atoms with Crippen molar-refractivity contribution in [3.63, 3.8) is 0 Å². The van der Waals surface area contributed by atoms with E-state index in [1.807, 2.05) is 0 Å². The van der Waals surface area contributed by atoms with Crippen molar-refractivity contribution in [2.75, 3.05) is 0 Å². The molecule has 0 heterocycles. The summed E-state index contributed by atoms with van der Waals surface area (Å²) < 4.78 is 57.9. The van der Waals surface area contributed by atoms with Crippen molar-refractivity contribution >= 4 is 15.9 Å².